The highest BCUT2D eigenvalue weighted by Crippen LogP contribution is 2.12. The fraction of sp³-hybridized carbons (Fsp3) is 0.529. The molecule has 0 aliphatic carbocycles. The molecule has 1 aromatic carbocycles. The number of halogens is 1. The number of benzene rings is 1. The highest BCUT2D eigenvalue weighted by Gasteiger charge is 2.21. The zero-order valence-electron chi connectivity index (χ0n) is 13.8. The molecule has 1 amide bonds. The van der Waals surface area contributed by atoms with E-state index in [1.54, 1.807) is 0 Å². The first-order valence-electron chi connectivity index (χ1n) is 7.58. The first-order chi connectivity index (χ1) is 10.7. The standard InChI is InChI=1S/C17H24BrNO4/c1-17(2,3)23-11-10-14(16(21)22)19-15(20)9-6-12-4-7-13(18)8-5-12/h4-5,7-8,14H,6,9-11H2,1-3H3,(H,19,20)(H,21,22). The van der Waals surface area contributed by atoms with Gasteiger partial charge in [-0.05, 0) is 44.9 Å². The van der Waals surface area contributed by atoms with Gasteiger partial charge >= 0.3 is 5.97 Å². The van der Waals surface area contributed by atoms with Gasteiger partial charge in [0.25, 0.3) is 0 Å². The Morgan fingerprint density at radius 1 is 1.26 bits per heavy atom. The van der Waals surface area contributed by atoms with Crippen molar-refractivity contribution in [3.8, 4) is 0 Å². The van der Waals surface area contributed by atoms with E-state index in [4.69, 9.17) is 4.74 Å². The van der Waals surface area contributed by atoms with E-state index < -0.39 is 12.0 Å². The second kappa shape index (κ2) is 9.03. The first-order valence-corrected chi connectivity index (χ1v) is 8.37. The van der Waals surface area contributed by atoms with Gasteiger partial charge in [-0.15, -0.1) is 0 Å². The number of carboxylic acid groups (broad SMARTS) is 1. The van der Waals surface area contributed by atoms with Crippen LogP contribution in [0.5, 0.6) is 0 Å². The molecule has 23 heavy (non-hydrogen) atoms. The summed E-state index contributed by atoms with van der Waals surface area (Å²) in [6, 6.07) is 6.77. The average molecular weight is 386 g/mol. The van der Waals surface area contributed by atoms with Crippen LogP contribution in [0, 0.1) is 0 Å². The lowest BCUT2D eigenvalue weighted by Gasteiger charge is -2.21. The van der Waals surface area contributed by atoms with Crippen molar-refractivity contribution < 1.29 is 19.4 Å². The number of carboxylic acids is 1. The molecule has 1 rings (SSSR count). The maximum absolute atomic E-state index is 11.9. The van der Waals surface area contributed by atoms with Gasteiger partial charge < -0.3 is 15.2 Å². The van der Waals surface area contributed by atoms with E-state index in [1.165, 1.54) is 0 Å². The molecule has 0 aromatic heterocycles. The highest BCUT2D eigenvalue weighted by molar-refractivity contribution is 9.10. The second-order valence-electron chi connectivity index (χ2n) is 6.33. The fourth-order valence-electron chi connectivity index (χ4n) is 1.92. The molecule has 0 saturated carbocycles. The average Bonchev–Trinajstić information content (AvgIpc) is 2.44. The zero-order valence-corrected chi connectivity index (χ0v) is 15.4. The van der Waals surface area contributed by atoms with Gasteiger partial charge in [0.05, 0.1) is 5.60 Å². The predicted molar refractivity (Wildman–Crippen MR) is 92.4 cm³/mol. The summed E-state index contributed by atoms with van der Waals surface area (Å²) < 4.78 is 6.49. The van der Waals surface area contributed by atoms with Crippen LogP contribution in [0.3, 0.4) is 0 Å². The van der Waals surface area contributed by atoms with Gasteiger partial charge in [-0.2, -0.15) is 0 Å². The molecule has 2 N–H and O–H groups in total. The Hall–Kier alpha value is -1.40. The van der Waals surface area contributed by atoms with E-state index in [2.05, 4.69) is 21.2 Å². The van der Waals surface area contributed by atoms with Gasteiger partial charge in [-0.1, -0.05) is 28.1 Å². The number of aryl methyl sites for hydroxylation is 1. The van der Waals surface area contributed by atoms with Crippen LogP contribution in [0.2, 0.25) is 0 Å². The van der Waals surface area contributed by atoms with Crippen molar-refractivity contribution in [2.75, 3.05) is 6.61 Å². The van der Waals surface area contributed by atoms with Gasteiger partial charge in [-0.3, -0.25) is 4.79 Å². The Kier molecular flexibility index (Phi) is 7.72. The molecule has 128 valence electrons. The van der Waals surface area contributed by atoms with Crippen LogP contribution in [0.4, 0.5) is 0 Å². The lowest BCUT2D eigenvalue weighted by Crippen LogP contribution is -2.42. The summed E-state index contributed by atoms with van der Waals surface area (Å²) >= 11 is 3.36. The number of aliphatic carboxylic acids is 1. The Labute approximate surface area is 145 Å². The van der Waals surface area contributed by atoms with Gasteiger partial charge in [0.15, 0.2) is 0 Å². The lowest BCUT2D eigenvalue weighted by atomic mass is 10.1. The molecule has 0 spiro atoms. The summed E-state index contributed by atoms with van der Waals surface area (Å²) in [6.45, 7) is 5.99. The SMILES string of the molecule is CC(C)(C)OCCC(NC(=O)CCc1ccc(Br)cc1)C(=O)O. The molecule has 0 fully saturated rings. The van der Waals surface area contributed by atoms with Crippen LogP contribution >= 0.6 is 15.9 Å². The van der Waals surface area contributed by atoms with Crippen molar-refractivity contribution in [3.05, 3.63) is 34.3 Å². The third-order valence-corrected chi connectivity index (χ3v) is 3.66. The Morgan fingerprint density at radius 3 is 2.39 bits per heavy atom. The minimum atomic E-state index is -1.04. The number of hydrogen-bond donors (Lipinski definition) is 2. The summed E-state index contributed by atoms with van der Waals surface area (Å²) in [6.07, 6.45) is 1.08. The largest absolute Gasteiger partial charge is 0.480 e. The van der Waals surface area contributed by atoms with E-state index in [-0.39, 0.29) is 31.0 Å². The molecular weight excluding hydrogens is 362 g/mol. The number of nitrogens with one attached hydrogen (secondary N) is 1. The van der Waals surface area contributed by atoms with Crippen molar-refractivity contribution >= 4 is 27.8 Å². The first kappa shape index (κ1) is 19.6. The number of ether oxygens (including phenoxy) is 1. The van der Waals surface area contributed by atoms with E-state index in [0.717, 1.165) is 10.0 Å². The highest BCUT2D eigenvalue weighted by atomic mass is 79.9. The zero-order chi connectivity index (χ0) is 17.5. The maximum atomic E-state index is 11.9. The van der Waals surface area contributed by atoms with Crippen LogP contribution in [0.15, 0.2) is 28.7 Å². The van der Waals surface area contributed by atoms with Gasteiger partial charge in [0.1, 0.15) is 6.04 Å². The van der Waals surface area contributed by atoms with E-state index in [0.29, 0.717) is 6.42 Å². The van der Waals surface area contributed by atoms with Crippen LogP contribution in [0.25, 0.3) is 0 Å². The summed E-state index contributed by atoms with van der Waals surface area (Å²) in [5.74, 6) is -1.31. The topological polar surface area (TPSA) is 75.6 Å². The van der Waals surface area contributed by atoms with Crippen LogP contribution in [0.1, 0.15) is 39.2 Å². The molecule has 0 bridgehead atoms. The van der Waals surface area contributed by atoms with Crippen molar-refractivity contribution in [1.82, 2.24) is 5.32 Å². The normalized spacial score (nSPS) is 12.7. The van der Waals surface area contributed by atoms with Crippen molar-refractivity contribution in [2.24, 2.45) is 0 Å². The Bertz CT molecular complexity index is 522. The van der Waals surface area contributed by atoms with E-state index in [1.807, 2.05) is 45.0 Å². The number of hydrogen-bond acceptors (Lipinski definition) is 3. The lowest BCUT2D eigenvalue weighted by molar-refractivity contribution is -0.142. The Morgan fingerprint density at radius 2 is 1.87 bits per heavy atom. The van der Waals surface area contributed by atoms with Crippen molar-refractivity contribution in [3.63, 3.8) is 0 Å². The molecule has 1 atom stereocenters. The summed E-state index contributed by atoms with van der Waals surface area (Å²) in [7, 11) is 0. The van der Waals surface area contributed by atoms with Crippen molar-refractivity contribution in [1.29, 1.82) is 0 Å². The van der Waals surface area contributed by atoms with E-state index >= 15 is 0 Å². The molecular formula is C17H24BrNO4. The fourth-order valence-corrected chi connectivity index (χ4v) is 2.18. The number of amides is 1. The van der Waals surface area contributed by atoms with Crippen molar-refractivity contribution in [2.45, 2.75) is 51.7 Å². The van der Waals surface area contributed by atoms with Gasteiger partial charge in [0.2, 0.25) is 5.91 Å². The van der Waals surface area contributed by atoms with Gasteiger partial charge in [0, 0.05) is 23.9 Å². The summed E-state index contributed by atoms with van der Waals surface area (Å²) in [5.41, 5.74) is 0.709. The minimum Gasteiger partial charge on any atom is -0.480 e. The van der Waals surface area contributed by atoms with E-state index in [9.17, 15) is 14.7 Å². The number of carbonyl (C=O) groups excluding carboxylic acids is 1. The molecule has 6 heteroatoms. The van der Waals surface area contributed by atoms with Gasteiger partial charge in [-0.25, -0.2) is 4.79 Å². The quantitative estimate of drug-likeness (QED) is 0.720. The number of carbonyl (C=O) groups is 2. The molecule has 0 aliphatic heterocycles. The molecule has 0 saturated heterocycles. The molecule has 0 aliphatic rings. The third-order valence-electron chi connectivity index (χ3n) is 3.13. The molecule has 1 unspecified atom stereocenters. The smallest absolute Gasteiger partial charge is 0.326 e. The minimum absolute atomic E-state index is 0.247. The predicted octanol–water partition coefficient (Wildman–Crippen LogP) is 3.16. The van der Waals surface area contributed by atoms with Crippen LogP contribution < -0.4 is 5.32 Å². The van der Waals surface area contributed by atoms with Crippen LogP contribution in [-0.2, 0) is 20.7 Å². The second-order valence-corrected chi connectivity index (χ2v) is 7.25. The molecule has 0 radical (unpaired) electrons. The molecule has 0 heterocycles. The summed E-state index contributed by atoms with van der Waals surface area (Å²) in [5, 5.41) is 11.7. The maximum Gasteiger partial charge on any atom is 0.326 e. The number of rotatable bonds is 8. The Balaban J connectivity index is 2.41. The third kappa shape index (κ3) is 8.71. The molecule has 5 nitrogen and oxygen atoms in total. The molecule has 1 aromatic rings. The van der Waals surface area contributed by atoms with Crippen LogP contribution in [-0.4, -0.2) is 35.2 Å². The summed E-state index contributed by atoms with van der Waals surface area (Å²) in [4.78, 5) is 23.2. The monoisotopic (exact) mass is 385 g/mol.